The van der Waals surface area contributed by atoms with Crippen LogP contribution in [0.15, 0.2) is 102 Å². The highest BCUT2D eigenvalue weighted by Crippen LogP contribution is 2.29. The molecule has 0 saturated heterocycles. The number of carbonyl (C=O) groups is 2. The smallest absolute Gasteiger partial charge is 0.339 e. The molecule has 0 aliphatic rings. The van der Waals surface area contributed by atoms with Crippen LogP contribution in [0, 0.1) is 0 Å². The lowest BCUT2D eigenvalue weighted by atomic mass is 9.98. The number of carbonyl (C=O) groups excluding carboxylic acids is 2. The van der Waals surface area contributed by atoms with E-state index in [2.05, 4.69) is 34.2 Å². The third-order valence-corrected chi connectivity index (χ3v) is 10.1. The number of aryl methyl sites for hydroxylation is 2. The Kier molecular flexibility index (Phi) is 16.9. The van der Waals surface area contributed by atoms with Gasteiger partial charge in [-0.1, -0.05) is 104 Å². The molecule has 0 spiro atoms. The number of rotatable bonds is 16. The fourth-order valence-corrected chi connectivity index (χ4v) is 7.20. The quantitative estimate of drug-likeness (QED) is 0.0414. The minimum absolute atomic E-state index is 0.323. The Labute approximate surface area is 383 Å². The van der Waals surface area contributed by atoms with Crippen LogP contribution >= 0.6 is 0 Å². The lowest BCUT2D eigenvalue weighted by molar-refractivity contribution is 0.00578. The third kappa shape index (κ3) is 12.9. The Bertz CT molecular complexity index is 2540. The van der Waals surface area contributed by atoms with E-state index in [-0.39, 0.29) is 11.9 Å². The predicted octanol–water partition coefficient (Wildman–Crippen LogP) is 10.3. The third-order valence-electron chi connectivity index (χ3n) is 10.1. The first-order valence-corrected chi connectivity index (χ1v) is 22.2. The largest absolute Gasteiger partial charge is 0.465 e. The normalized spacial score (nSPS) is 11.6. The summed E-state index contributed by atoms with van der Waals surface area (Å²) in [7, 11) is 0. The van der Waals surface area contributed by atoms with Gasteiger partial charge in [0, 0.05) is 6.54 Å². The number of oxime groups is 1. The van der Waals surface area contributed by atoms with E-state index in [0.29, 0.717) is 68.1 Å². The predicted molar refractivity (Wildman–Crippen MR) is 255 cm³/mol. The van der Waals surface area contributed by atoms with Crippen LogP contribution in [0.3, 0.4) is 0 Å². The van der Waals surface area contributed by atoms with Gasteiger partial charge in [0.1, 0.15) is 11.2 Å². The van der Waals surface area contributed by atoms with Gasteiger partial charge in [-0.05, 0) is 114 Å². The van der Waals surface area contributed by atoms with Crippen molar-refractivity contribution in [2.24, 2.45) is 10.9 Å². The lowest BCUT2D eigenvalue weighted by Gasteiger charge is -2.20. The zero-order chi connectivity index (χ0) is 47.3. The van der Waals surface area contributed by atoms with E-state index in [1.165, 1.54) is 6.21 Å². The molecule has 0 saturated carbocycles. The molecular weight excluding hydrogens is 821 g/mol. The van der Waals surface area contributed by atoms with Crippen LogP contribution in [0.4, 0.5) is 0 Å². The number of nitrogens with two attached hydrogens (primary N) is 1. The zero-order valence-electron chi connectivity index (χ0n) is 39.5. The molecule has 13 nitrogen and oxygen atoms in total. The monoisotopic (exact) mass is 884 g/mol. The van der Waals surface area contributed by atoms with E-state index in [0.717, 1.165) is 56.9 Å². The van der Waals surface area contributed by atoms with Crippen molar-refractivity contribution in [1.82, 2.24) is 19.1 Å². The summed E-state index contributed by atoms with van der Waals surface area (Å²) in [5, 5.41) is 12.3. The Balaban J connectivity index is 0.000000244. The Hall–Kier alpha value is -6.73. The molecule has 0 aliphatic heterocycles. The molecule has 0 aliphatic carbocycles. The Morgan fingerprint density at radius 3 is 1.45 bits per heavy atom. The molecule has 0 amide bonds. The molecule has 65 heavy (non-hydrogen) atoms. The summed E-state index contributed by atoms with van der Waals surface area (Å²) in [5.41, 5.74) is 15.1. The fourth-order valence-electron chi connectivity index (χ4n) is 7.20. The average Bonchev–Trinajstić information content (AvgIpc) is 3.78. The highest BCUT2D eigenvalue weighted by atomic mass is 16.6. The van der Waals surface area contributed by atoms with E-state index in [9.17, 15) is 9.59 Å². The molecule has 0 atom stereocenters. The first kappa shape index (κ1) is 49.3. The van der Waals surface area contributed by atoms with Crippen molar-refractivity contribution in [1.29, 1.82) is 0 Å². The highest BCUT2D eigenvalue weighted by Gasteiger charge is 2.23. The summed E-state index contributed by atoms with van der Waals surface area (Å²) >= 11 is 0. The van der Waals surface area contributed by atoms with E-state index >= 15 is 0 Å². The Morgan fingerprint density at radius 1 is 0.631 bits per heavy atom. The minimum atomic E-state index is -0.565. The maximum Gasteiger partial charge on any atom is 0.339 e. The number of aromatic nitrogens is 4. The Morgan fingerprint density at radius 2 is 1.05 bits per heavy atom. The van der Waals surface area contributed by atoms with E-state index in [1.54, 1.807) is 12.1 Å². The van der Waals surface area contributed by atoms with Crippen molar-refractivity contribution in [2.75, 3.05) is 13.2 Å². The number of hydrogen-bond acceptors (Lipinski definition) is 11. The van der Waals surface area contributed by atoms with Crippen molar-refractivity contribution in [3.8, 4) is 34.3 Å². The van der Waals surface area contributed by atoms with Gasteiger partial charge >= 0.3 is 11.9 Å². The summed E-state index contributed by atoms with van der Waals surface area (Å²) in [5.74, 6) is -0.668. The fraction of sp³-hybridized carbons (Fsp3) is 0.365. The van der Waals surface area contributed by atoms with Crippen LogP contribution in [-0.4, -0.2) is 66.9 Å². The lowest BCUT2D eigenvalue weighted by Crippen LogP contribution is -2.24. The van der Waals surface area contributed by atoms with Gasteiger partial charge in [0.15, 0.2) is 0 Å². The van der Waals surface area contributed by atoms with Crippen molar-refractivity contribution < 1.29 is 33.7 Å². The summed E-state index contributed by atoms with van der Waals surface area (Å²) in [6, 6.07) is 32.2. The number of hydrogen-bond donors (Lipinski definition) is 2. The van der Waals surface area contributed by atoms with E-state index < -0.39 is 11.2 Å². The van der Waals surface area contributed by atoms with Crippen LogP contribution in [0.5, 0.6) is 12.0 Å². The van der Waals surface area contributed by atoms with Crippen molar-refractivity contribution >= 4 is 18.2 Å². The average molecular weight is 885 g/mol. The molecule has 0 bridgehead atoms. The number of imidazole rings is 2. The van der Waals surface area contributed by atoms with Gasteiger partial charge < -0.3 is 29.9 Å². The maximum absolute atomic E-state index is 12.7. The van der Waals surface area contributed by atoms with Crippen LogP contribution in [0.1, 0.15) is 124 Å². The van der Waals surface area contributed by atoms with Gasteiger partial charge in [-0.3, -0.25) is 9.13 Å². The number of benzene rings is 4. The molecule has 2 heterocycles. The van der Waals surface area contributed by atoms with Gasteiger partial charge in [-0.2, -0.15) is 9.97 Å². The summed E-state index contributed by atoms with van der Waals surface area (Å²) < 4.78 is 26.6. The number of nitrogens with zero attached hydrogens (tertiary/aromatic N) is 5. The first-order valence-electron chi connectivity index (χ1n) is 22.2. The van der Waals surface area contributed by atoms with Gasteiger partial charge in [-0.15, -0.1) is 0 Å². The minimum Gasteiger partial charge on any atom is -0.465 e. The number of esters is 2. The molecule has 6 aromatic rings. The molecule has 344 valence electrons. The van der Waals surface area contributed by atoms with Gasteiger partial charge in [0.2, 0.25) is 0 Å². The second-order valence-corrected chi connectivity index (χ2v) is 17.2. The SMILES string of the molecule is CCOc1nc(CC)c(/C=N\O)n1Cc1ccc(-c2ccccc2C(=O)OC(C)(C)C)cc1.CCOc1nc(CC)c(CN)n1Cc1ccc(-c2ccccc2C(=O)OC(C)(C)C)cc1. The molecule has 3 N–H and O–H groups in total. The van der Waals surface area contributed by atoms with Crippen molar-refractivity contribution in [3.05, 3.63) is 142 Å². The second-order valence-electron chi connectivity index (χ2n) is 17.2. The molecule has 0 radical (unpaired) electrons. The molecule has 4 aromatic carbocycles. The highest BCUT2D eigenvalue weighted by molar-refractivity contribution is 5.98. The molecule has 0 unspecified atom stereocenters. The maximum atomic E-state index is 12.7. The summed E-state index contributed by atoms with van der Waals surface area (Å²) in [6.07, 6.45) is 2.88. The number of ether oxygens (including phenoxy) is 4. The van der Waals surface area contributed by atoms with Crippen molar-refractivity contribution in [2.45, 2.75) is 113 Å². The molecular formula is C52H64N6O7. The first-order chi connectivity index (χ1) is 31.0. The molecule has 0 fully saturated rings. The zero-order valence-corrected chi connectivity index (χ0v) is 39.5. The molecule has 2 aromatic heterocycles. The van der Waals surface area contributed by atoms with Gasteiger partial charge in [0.25, 0.3) is 12.0 Å². The van der Waals surface area contributed by atoms with E-state index in [1.807, 2.05) is 144 Å². The van der Waals surface area contributed by atoms with E-state index in [4.69, 9.17) is 29.9 Å². The summed E-state index contributed by atoms with van der Waals surface area (Å²) in [6.45, 7) is 21.6. The van der Waals surface area contributed by atoms with Crippen LogP contribution in [0.25, 0.3) is 22.3 Å². The van der Waals surface area contributed by atoms with Crippen LogP contribution in [-0.2, 0) is 41.9 Å². The van der Waals surface area contributed by atoms with Crippen molar-refractivity contribution in [3.63, 3.8) is 0 Å². The topological polar surface area (TPSA) is 165 Å². The van der Waals surface area contributed by atoms with Gasteiger partial charge in [-0.25, -0.2) is 9.59 Å². The molecule has 6 rings (SSSR count). The summed E-state index contributed by atoms with van der Waals surface area (Å²) in [4.78, 5) is 34.6. The molecule has 13 heteroatoms. The van der Waals surface area contributed by atoms with Gasteiger partial charge in [0.05, 0.1) is 66.4 Å². The van der Waals surface area contributed by atoms with Crippen LogP contribution < -0.4 is 15.2 Å². The standard InChI is InChI=1S/C26H31N3O4.C26H33N3O3/c1-6-22-23(16-27-31)29(25(28-22)32-7-2)17-18-12-14-19(15-13-18)20-10-8-9-11-21(20)24(30)33-26(3,4)5;1-6-22-23(16-27)29(25(28-22)31-7-2)17-18-12-14-19(15-13-18)20-10-8-9-11-21(20)24(30)32-26(3,4)5/h8-16,31H,6-7,17H2,1-5H3;8-15H,6-7,16-17,27H2,1-5H3/b27-16-;. The van der Waals surface area contributed by atoms with Crippen LogP contribution in [0.2, 0.25) is 0 Å². The second kappa shape index (κ2) is 22.3.